The minimum atomic E-state index is 0.400. The molecule has 3 rings (SSSR count). The number of nitrogens with zero attached hydrogens (tertiary/aromatic N) is 3. The molecule has 0 saturated carbocycles. The number of hydrogen-bond acceptors (Lipinski definition) is 6. The fraction of sp³-hybridized carbons (Fsp3) is 0.421. The Kier molecular flexibility index (Phi) is 6.19. The lowest BCUT2D eigenvalue weighted by Crippen LogP contribution is -2.52. The first kappa shape index (κ1) is 18.8. The molecule has 0 unspecified atom stereocenters. The third-order valence-corrected chi connectivity index (χ3v) is 4.73. The zero-order chi connectivity index (χ0) is 18.5. The van der Waals surface area contributed by atoms with Crippen LogP contribution in [0.15, 0.2) is 30.6 Å². The lowest BCUT2D eigenvalue weighted by atomic mass is 10.0. The first-order valence-corrected chi connectivity index (χ1v) is 9.11. The van der Waals surface area contributed by atoms with E-state index in [0.29, 0.717) is 17.0 Å². The third kappa shape index (κ3) is 4.58. The van der Waals surface area contributed by atoms with Gasteiger partial charge in [-0.1, -0.05) is 11.6 Å². The molecule has 138 valence electrons. The number of halogens is 1. The molecular formula is C19H24ClN5O. The number of likely N-dealkylation sites (tertiary alicyclic amines) is 1. The van der Waals surface area contributed by atoms with Crippen molar-refractivity contribution < 1.29 is 4.74 Å². The van der Waals surface area contributed by atoms with Gasteiger partial charge >= 0.3 is 0 Å². The maximum absolute atomic E-state index is 8.07. The number of rotatable bonds is 8. The lowest BCUT2D eigenvalue weighted by molar-refractivity contribution is -0.0292. The second-order valence-corrected chi connectivity index (χ2v) is 6.89. The highest BCUT2D eigenvalue weighted by Crippen LogP contribution is 2.20. The summed E-state index contributed by atoms with van der Waals surface area (Å²) in [5.41, 5.74) is 3.67. The van der Waals surface area contributed by atoms with Gasteiger partial charge in [0.15, 0.2) is 0 Å². The summed E-state index contributed by atoms with van der Waals surface area (Å²) < 4.78 is 5.28. The molecule has 0 spiro atoms. The molecule has 1 aliphatic heterocycles. The van der Waals surface area contributed by atoms with Crippen LogP contribution in [0.25, 0.3) is 16.6 Å². The zero-order valence-corrected chi connectivity index (χ0v) is 15.9. The minimum absolute atomic E-state index is 0.400. The molecule has 2 aromatic heterocycles. The van der Waals surface area contributed by atoms with Crippen molar-refractivity contribution in [2.45, 2.75) is 19.4 Å². The Morgan fingerprint density at radius 3 is 2.96 bits per heavy atom. The molecule has 0 amide bonds. The van der Waals surface area contributed by atoms with Crippen LogP contribution in [0.3, 0.4) is 0 Å². The quantitative estimate of drug-likeness (QED) is 0.422. The first-order chi connectivity index (χ1) is 12.6. The normalized spacial score (nSPS) is 15.9. The van der Waals surface area contributed by atoms with Crippen LogP contribution in [-0.2, 0) is 4.74 Å². The summed E-state index contributed by atoms with van der Waals surface area (Å²) >= 11 is 5.97. The molecule has 3 heterocycles. The number of methoxy groups -OCH3 is 1. The molecule has 1 aliphatic rings. The highest BCUT2D eigenvalue weighted by molar-refractivity contribution is 6.29. The number of fused-ring (bicyclic) bond motifs is 1. The van der Waals surface area contributed by atoms with Crippen LogP contribution in [0.1, 0.15) is 18.9 Å². The van der Waals surface area contributed by atoms with E-state index in [0.717, 1.165) is 54.8 Å². The maximum atomic E-state index is 8.07. The van der Waals surface area contributed by atoms with E-state index in [1.165, 1.54) is 0 Å². The van der Waals surface area contributed by atoms with Crippen molar-refractivity contribution in [1.29, 1.82) is 5.41 Å². The van der Waals surface area contributed by atoms with Crippen LogP contribution >= 0.6 is 11.6 Å². The standard InChI is InChI=1S/C19H24ClN5O/c1-13(21)16(10-22-6-3-7-25-11-15(12-25)26-2)14-8-18-17(23-9-14)4-5-19(20)24-18/h4-5,8-10,15,21-22H,3,6-7,11-12H2,1-2H3/b16-10+,21-13?. The van der Waals surface area contributed by atoms with Crippen molar-refractivity contribution in [3.63, 3.8) is 0 Å². The minimum Gasteiger partial charge on any atom is -0.390 e. The van der Waals surface area contributed by atoms with E-state index in [4.69, 9.17) is 21.7 Å². The Bertz CT molecular complexity index is 817. The van der Waals surface area contributed by atoms with Gasteiger partial charge in [-0.05, 0) is 31.5 Å². The molecule has 0 aliphatic carbocycles. The topological polar surface area (TPSA) is 74.1 Å². The van der Waals surface area contributed by atoms with E-state index in [9.17, 15) is 0 Å². The second kappa shape index (κ2) is 8.58. The molecule has 7 heteroatoms. The van der Waals surface area contributed by atoms with Crippen LogP contribution in [0, 0.1) is 5.41 Å². The van der Waals surface area contributed by atoms with Gasteiger partial charge in [-0.3, -0.25) is 9.88 Å². The van der Waals surface area contributed by atoms with Crippen molar-refractivity contribution in [3.05, 3.63) is 41.3 Å². The number of hydrogen-bond donors (Lipinski definition) is 2. The molecular weight excluding hydrogens is 350 g/mol. The molecule has 1 fully saturated rings. The van der Waals surface area contributed by atoms with Crippen LogP contribution in [0.2, 0.25) is 5.15 Å². The Labute approximate surface area is 158 Å². The van der Waals surface area contributed by atoms with Crippen LogP contribution in [0.4, 0.5) is 0 Å². The number of pyridine rings is 2. The highest BCUT2D eigenvalue weighted by Gasteiger charge is 2.25. The lowest BCUT2D eigenvalue weighted by Gasteiger charge is -2.38. The summed E-state index contributed by atoms with van der Waals surface area (Å²) in [7, 11) is 1.76. The predicted molar refractivity (Wildman–Crippen MR) is 106 cm³/mol. The molecule has 0 atom stereocenters. The Morgan fingerprint density at radius 1 is 1.42 bits per heavy atom. The maximum Gasteiger partial charge on any atom is 0.129 e. The van der Waals surface area contributed by atoms with E-state index >= 15 is 0 Å². The van der Waals surface area contributed by atoms with Crippen molar-refractivity contribution in [1.82, 2.24) is 20.2 Å². The van der Waals surface area contributed by atoms with Gasteiger partial charge in [0.05, 0.1) is 17.1 Å². The van der Waals surface area contributed by atoms with Crippen LogP contribution in [-0.4, -0.2) is 60.0 Å². The largest absolute Gasteiger partial charge is 0.390 e. The molecule has 2 N–H and O–H groups in total. The van der Waals surface area contributed by atoms with Crippen molar-refractivity contribution in [3.8, 4) is 0 Å². The average Bonchev–Trinajstić information content (AvgIpc) is 2.58. The predicted octanol–water partition coefficient (Wildman–Crippen LogP) is 2.97. The molecule has 2 aromatic rings. The number of allylic oxidation sites excluding steroid dienone is 1. The van der Waals surface area contributed by atoms with E-state index < -0.39 is 0 Å². The Hall–Kier alpha value is -2.02. The number of aromatic nitrogens is 2. The van der Waals surface area contributed by atoms with E-state index in [1.807, 2.05) is 18.3 Å². The summed E-state index contributed by atoms with van der Waals surface area (Å²) in [5, 5.41) is 11.8. The van der Waals surface area contributed by atoms with Gasteiger partial charge in [0.25, 0.3) is 0 Å². The third-order valence-electron chi connectivity index (χ3n) is 4.52. The fourth-order valence-corrected chi connectivity index (χ4v) is 3.12. The van der Waals surface area contributed by atoms with Gasteiger partial charge in [-0.15, -0.1) is 0 Å². The summed E-state index contributed by atoms with van der Waals surface area (Å²) in [4.78, 5) is 11.1. The summed E-state index contributed by atoms with van der Waals surface area (Å²) in [6, 6.07) is 5.49. The van der Waals surface area contributed by atoms with Gasteiger partial charge < -0.3 is 15.5 Å². The summed E-state index contributed by atoms with van der Waals surface area (Å²) in [6.07, 6.45) is 5.11. The average molecular weight is 374 g/mol. The monoisotopic (exact) mass is 373 g/mol. The van der Waals surface area contributed by atoms with Gasteiger partial charge in [0, 0.05) is 62.5 Å². The zero-order valence-electron chi connectivity index (χ0n) is 15.1. The summed E-state index contributed by atoms with van der Waals surface area (Å²) in [6.45, 7) is 5.73. The van der Waals surface area contributed by atoms with Crippen LogP contribution < -0.4 is 5.32 Å². The van der Waals surface area contributed by atoms with E-state index in [1.54, 1.807) is 26.3 Å². The molecule has 1 saturated heterocycles. The molecule has 6 nitrogen and oxygen atoms in total. The van der Waals surface area contributed by atoms with Crippen molar-refractivity contribution in [2.75, 3.05) is 33.3 Å². The molecule has 0 radical (unpaired) electrons. The van der Waals surface area contributed by atoms with Gasteiger partial charge in [-0.25, -0.2) is 4.98 Å². The van der Waals surface area contributed by atoms with Gasteiger partial charge in [-0.2, -0.15) is 0 Å². The molecule has 26 heavy (non-hydrogen) atoms. The number of nitrogens with one attached hydrogen (secondary N) is 2. The second-order valence-electron chi connectivity index (χ2n) is 6.50. The van der Waals surface area contributed by atoms with Crippen LogP contribution in [0.5, 0.6) is 0 Å². The first-order valence-electron chi connectivity index (χ1n) is 8.73. The fourth-order valence-electron chi connectivity index (χ4n) is 2.97. The molecule has 0 aromatic carbocycles. The molecule has 0 bridgehead atoms. The van der Waals surface area contributed by atoms with E-state index in [-0.39, 0.29) is 0 Å². The number of ether oxygens (including phenoxy) is 1. The SMILES string of the molecule is COC1CN(CCCN/C=C(\C(C)=N)c2cnc3ccc(Cl)nc3c2)C1. The highest BCUT2D eigenvalue weighted by atomic mass is 35.5. The van der Waals surface area contributed by atoms with Gasteiger partial charge in [0.2, 0.25) is 0 Å². The Morgan fingerprint density at radius 2 is 2.23 bits per heavy atom. The Balaban J connectivity index is 1.59. The van der Waals surface area contributed by atoms with E-state index in [2.05, 4.69) is 20.2 Å². The van der Waals surface area contributed by atoms with Crippen molar-refractivity contribution in [2.24, 2.45) is 0 Å². The smallest absolute Gasteiger partial charge is 0.129 e. The summed E-state index contributed by atoms with van der Waals surface area (Å²) in [5.74, 6) is 0. The van der Waals surface area contributed by atoms with Crippen molar-refractivity contribution >= 4 is 33.9 Å². The van der Waals surface area contributed by atoms with Gasteiger partial charge in [0.1, 0.15) is 5.15 Å².